The average Bonchev–Trinajstić information content (AvgIpc) is 3.30. The quantitative estimate of drug-likeness (QED) is 0.542. The summed E-state index contributed by atoms with van der Waals surface area (Å²) >= 11 is 5.68. The molecule has 2 atom stereocenters. The van der Waals surface area contributed by atoms with Crippen molar-refractivity contribution in [2.75, 3.05) is 15.9 Å². The van der Waals surface area contributed by atoms with E-state index in [2.05, 4.69) is 20.0 Å². The van der Waals surface area contributed by atoms with Gasteiger partial charge >= 0.3 is 0 Å². The Morgan fingerprint density at radius 1 is 1.17 bits per heavy atom. The fourth-order valence-electron chi connectivity index (χ4n) is 3.59. The number of anilines is 2. The first-order valence-corrected chi connectivity index (χ1v) is 11.4. The molecule has 1 saturated heterocycles. The second-order valence-electron chi connectivity index (χ2n) is 7.00. The largest absolute Gasteiger partial charge is 0.363 e. The maximum Gasteiger partial charge on any atom is 0.229 e. The maximum atomic E-state index is 11.6. The van der Waals surface area contributed by atoms with Gasteiger partial charge in [0, 0.05) is 23.8 Å². The Kier molecular flexibility index (Phi) is 5.01. The second-order valence-corrected chi connectivity index (χ2v) is 9.13. The molecule has 0 radical (unpaired) electrons. The standard InChI is InChI=1S/C20H21N5O2S2/c1-13-12-14(8-9-15(13)24-29(2,26)27)25-19(17-7-5-11-22-17)18(23-20(25)28)16-6-3-4-10-21-16/h3-12,18-19,22,24H,1-2H3,(H,23,28)/t18-,19+/m1/s1. The van der Waals surface area contributed by atoms with Gasteiger partial charge in [-0.25, -0.2) is 8.42 Å². The lowest BCUT2D eigenvalue weighted by atomic mass is 10.0. The number of sulfonamides is 1. The number of nitrogens with one attached hydrogen (secondary N) is 3. The number of rotatable bonds is 5. The van der Waals surface area contributed by atoms with Gasteiger partial charge < -0.3 is 15.2 Å². The molecule has 1 aliphatic rings. The lowest BCUT2D eigenvalue weighted by molar-refractivity contribution is 0.558. The number of aryl methyl sites for hydroxylation is 1. The predicted molar refractivity (Wildman–Crippen MR) is 118 cm³/mol. The Morgan fingerprint density at radius 2 is 2.00 bits per heavy atom. The third-order valence-corrected chi connectivity index (χ3v) is 5.73. The number of nitrogens with zero attached hydrogens (tertiary/aromatic N) is 2. The maximum absolute atomic E-state index is 11.6. The van der Waals surface area contributed by atoms with Gasteiger partial charge in [0.05, 0.1) is 23.7 Å². The van der Waals surface area contributed by atoms with Crippen molar-refractivity contribution in [2.45, 2.75) is 19.0 Å². The summed E-state index contributed by atoms with van der Waals surface area (Å²) in [4.78, 5) is 9.85. The number of pyridine rings is 1. The molecule has 9 heteroatoms. The van der Waals surface area contributed by atoms with E-state index in [0.29, 0.717) is 10.8 Å². The number of thiocarbonyl (C=S) groups is 1. The lowest BCUT2D eigenvalue weighted by Crippen LogP contribution is -2.29. The van der Waals surface area contributed by atoms with Crippen LogP contribution in [-0.2, 0) is 10.0 Å². The van der Waals surface area contributed by atoms with Crippen LogP contribution < -0.4 is 14.9 Å². The summed E-state index contributed by atoms with van der Waals surface area (Å²) in [6, 6.07) is 15.1. The van der Waals surface area contributed by atoms with Crippen LogP contribution in [0.25, 0.3) is 0 Å². The lowest BCUT2D eigenvalue weighted by Gasteiger charge is -2.27. The van der Waals surface area contributed by atoms with Gasteiger partial charge in [0.2, 0.25) is 10.0 Å². The molecule has 3 heterocycles. The molecule has 0 spiro atoms. The number of aromatic nitrogens is 2. The van der Waals surface area contributed by atoms with Crippen molar-refractivity contribution in [3.63, 3.8) is 0 Å². The fourth-order valence-corrected chi connectivity index (χ4v) is 4.56. The third-order valence-electron chi connectivity index (χ3n) is 4.82. The van der Waals surface area contributed by atoms with Gasteiger partial charge in [-0.1, -0.05) is 6.07 Å². The van der Waals surface area contributed by atoms with Crippen LogP contribution in [-0.4, -0.2) is 29.8 Å². The van der Waals surface area contributed by atoms with Gasteiger partial charge in [-0.05, 0) is 67.2 Å². The minimum Gasteiger partial charge on any atom is -0.363 e. The van der Waals surface area contributed by atoms with E-state index < -0.39 is 10.0 Å². The monoisotopic (exact) mass is 427 g/mol. The number of benzene rings is 1. The van der Waals surface area contributed by atoms with E-state index in [1.54, 1.807) is 12.3 Å². The highest BCUT2D eigenvalue weighted by atomic mass is 32.2. The summed E-state index contributed by atoms with van der Waals surface area (Å²) in [5.41, 5.74) is 4.12. The van der Waals surface area contributed by atoms with Crippen molar-refractivity contribution < 1.29 is 8.42 Å². The van der Waals surface area contributed by atoms with Crippen LogP contribution >= 0.6 is 12.2 Å². The SMILES string of the molecule is Cc1cc(N2C(=S)N[C@H](c3ccccn3)[C@@H]2c2ccc[nH]2)ccc1NS(C)(=O)=O. The van der Waals surface area contributed by atoms with E-state index in [4.69, 9.17) is 12.2 Å². The Labute approximate surface area is 175 Å². The first-order valence-electron chi connectivity index (χ1n) is 9.06. The van der Waals surface area contributed by atoms with Gasteiger partial charge in [-0.3, -0.25) is 9.71 Å². The molecule has 3 aromatic rings. The van der Waals surface area contributed by atoms with Crippen LogP contribution in [0.1, 0.15) is 29.0 Å². The summed E-state index contributed by atoms with van der Waals surface area (Å²) in [6.45, 7) is 1.86. The molecule has 1 aliphatic heterocycles. The van der Waals surface area contributed by atoms with Crippen LogP contribution in [0.3, 0.4) is 0 Å². The zero-order valence-corrected chi connectivity index (χ0v) is 17.6. The van der Waals surface area contributed by atoms with E-state index in [1.165, 1.54) is 0 Å². The van der Waals surface area contributed by atoms with Crippen molar-refractivity contribution in [3.8, 4) is 0 Å². The van der Waals surface area contributed by atoms with Crippen molar-refractivity contribution >= 4 is 38.7 Å². The normalized spacial score (nSPS) is 19.2. The Balaban J connectivity index is 1.76. The highest BCUT2D eigenvalue weighted by molar-refractivity contribution is 7.92. The first-order chi connectivity index (χ1) is 13.8. The molecule has 1 fully saturated rings. The molecule has 150 valence electrons. The van der Waals surface area contributed by atoms with E-state index in [-0.39, 0.29) is 12.1 Å². The Morgan fingerprint density at radius 3 is 2.62 bits per heavy atom. The molecule has 0 bridgehead atoms. The molecular weight excluding hydrogens is 406 g/mol. The summed E-state index contributed by atoms with van der Waals surface area (Å²) in [5, 5.41) is 3.98. The summed E-state index contributed by atoms with van der Waals surface area (Å²) in [6.07, 6.45) is 4.79. The minimum atomic E-state index is -3.35. The zero-order chi connectivity index (χ0) is 20.6. The van der Waals surface area contributed by atoms with Crippen LogP contribution in [0.4, 0.5) is 11.4 Å². The van der Waals surface area contributed by atoms with Crippen molar-refractivity contribution in [3.05, 3.63) is 77.9 Å². The van der Waals surface area contributed by atoms with Crippen LogP contribution in [0.5, 0.6) is 0 Å². The molecule has 0 saturated carbocycles. The molecule has 1 aromatic carbocycles. The van der Waals surface area contributed by atoms with E-state index >= 15 is 0 Å². The number of aromatic amines is 1. The second kappa shape index (κ2) is 7.49. The molecule has 0 aliphatic carbocycles. The smallest absolute Gasteiger partial charge is 0.229 e. The minimum absolute atomic E-state index is 0.125. The molecule has 0 unspecified atom stereocenters. The van der Waals surface area contributed by atoms with Crippen molar-refractivity contribution in [2.24, 2.45) is 0 Å². The van der Waals surface area contributed by atoms with E-state index in [1.807, 2.05) is 60.5 Å². The number of hydrogen-bond donors (Lipinski definition) is 3. The summed E-state index contributed by atoms with van der Waals surface area (Å²) < 4.78 is 25.7. The van der Waals surface area contributed by atoms with E-state index in [0.717, 1.165) is 28.9 Å². The predicted octanol–water partition coefficient (Wildman–Crippen LogP) is 3.27. The highest BCUT2D eigenvalue weighted by Gasteiger charge is 2.41. The average molecular weight is 428 g/mol. The molecule has 4 rings (SSSR count). The summed E-state index contributed by atoms with van der Waals surface area (Å²) in [7, 11) is -3.35. The van der Waals surface area contributed by atoms with Gasteiger partial charge in [-0.15, -0.1) is 0 Å². The number of H-pyrrole nitrogens is 1. The van der Waals surface area contributed by atoms with Crippen LogP contribution in [0.2, 0.25) is 0 Å². The van der Waals surface area contributed by atoms with Gasteiger partial charge in [0.1, 0.15) is 6.04 Å². The first kappa shape index (κ1) is 19.4. The molecule has 7 nitrogen and oxygen atoms in total. The van der Waals surface area contributed by atoms with E-state index in [9.17, 15) is 8.42 Å². The van der Waals surface area contributed by atoms with Gasteiger partial charge in [0.15, 0.2) is 5.11 Å². The topological polar surface area (TPSA) is 90.1 Å². The number of hydrogen-bond acceptors (Lipinski definition) is 4. The fraction of sp³-hybridized carbons (Fsp3) is 0.200. The highest BCUT2D eigenvalue weighted by Crippen LogP contribution is 2.41. The van der Waals surface area contributed by atoms with Crippen molar-refractivity contribution in [1.29, 1.82) is 0 Å². The Bertz CT molecular complexity index is 1130. The van der Waals surface area contributed by atoms with Crippen LogP contribution in [0.15, 0.2) is 60.9 Å². The zero-order valence-electron chi connectivity index (χ0n) is 16.0. The Hall–Kier alpha value is -2.91. The molecule has 29 heavy (non-hydrogen) atoms. The molecule has 3 N–H and O–H groups in total. The third kappa shape index (κ3) is 3.96. The molecular formula is C20H21N5O2S2. The van der Waals surface area contributed by atoms with Gasteiger partial charge in [0.25, 0.3) is 0 Å². The van der Waals surface area contributed by atoms with Crippen LogP contribution in [0, 0.1) is 6.92 Å². The van der Waals surface area contributed by atoms with Crippen molar-refractivity contribution in [1.82, 2.24) is 15.3 Å². The molecule has 0 amide bonds. The molecule has 2 aromatic heterocycles. The summed E-state index contributed by atoms with van der Waals surface area (Å²) in [5.74, 6) is 0. The van der Waals surface area contributed by atoms with Gasteiger partial charge in [-0.2, -0.15) is 0 Å².